The van der Waals surface area contributed by atoms with Crippen molar-refractivity contribution in [2.45, 2.75) is 32.1 Å². The molecule has 144 valence electrons. The highest BCUT2D eigenvalue weighted by Crippen LogP contribution is 2.37. The zero-order chi connectivity index (χ0) is 19.3. The predicted molar refractivity (Wildman–Crippen MR) is 107 cm³/mol. The van der Waals surface area contributed by atoms with Gasteiger partial charge in [-0.1, -0.05) is 23.8 Å². The first kappa shape index (κ1) is 18.2. The molecule has 0 saturated carbocycles. The Morgan fingerprint density at radius 1 is 1.18 bits per heavy atom. The molecule has 6 nitrogen and oxygen atoms in total. The Bertz CT molecular complexity index is 923. The van der Waals surface area contributed by atoms with Gasteiger partial charge in [-0.2, -0.15) is 0 Å². The van der Waals surface area contributed by atoms with E-state index >= 15 is 0 Å². The van der Waals surface area contributed by atoms with Gasteiger partial charge in [0.1, 0.15) is 12.1 Å². The molecule has 2 heterocycles. The van der Waals surface area contributed by atoms with Crippen LogP contribution < -0.4 is 15.0 Å². The van der Waals surface area contributed by atoms with Crippen LogP contribution in [0, 0.1) is 0 Å². The van der Waals surface area contributed by atoms with Crippen molar-refractivity contribution in [3.63, 3.8) is 0 Å². The molecular weight excluding hydrogens is 354 g/mol. The van der Waals surface area contributed by atoms with E-state index in [9.17, 15) is 9.59 Å². The van der Waals surface area contributed by atoms with Crippen molar-refractivity contribution >= 4 is 17.5 Å². The monoisotopic (exact) mass is 377 g/mol. The molecule has 2 aliphatic rings. The van der Waals surface area contributed by atoms with Crippen molar-refractivity contribution in [1.29, 1.82) is 0 Å². The number of carbonyl (C=O) groups excluding carboxylic acids is 2. The molecular formula is C22H23N3O3. The highest BCUT2D eigenvalue weighted by molar-refractivity contribution is 6.11. The van der Waals surface area contributed by atoms with Gasteiger partial charge >= 0.3 is 0 Å². The van der Waals surface area contributed by atoms with E-state index in [4.69, 9.17) is 4.74 Å². The van der Waals surface area contributed by atoms with Crippen LogP contribution in [0.2, 0.25) is 0 Å². The molecule has 0 spiro atoms. The summed E-state index contributed by atoms with van der Waals surface area (Å²) in [6, 6.07) is 10.5. The Hall–Kier alpha value is -3.15. The summed E-state index contributed by atoms with van der Waals surface area (Å²) in [5.41, 5.74) is 2.32. The number of amides is 2. The summed E-state index contributed by atoms with van der Waals surface area (Å²) in [5, 5.41) is 2.94. The number of fused-ring (bicyclic) bond motifs is 2. The second-order valence-electron chi connectivity index (χ2n) is 7.03. The maximum absolute atomic E-state index is 13.1. The molecule has 1 N–H and O–H groups in total. The average Bonchev–Trinajstić information content (AvgIpc) is 2.84. The number of pyridine rings is 1. The highest BCUT2D eigenvalue weighted by atomic mass is 16.5. The van der Waals surface area contributed by atoms with E-state index < -0.39 is 0 Å². The van der Waals surface area contributed by atoms with Gasteiger partial charge in [0.25, 0.3) is 5.91 Å². The Morgan fingerprint density at radius 3 is 2.93 bits per heavy atom. The third-order valence-electron chi connectivity index (χ3n) is 5.06. The number of rotatable bonds is 5. The number of nitrogens with zero attached hydrogens (tertiary/aromatic N) is 2. The van der Waals surface area contributed by atoms with Crippen LogP contribution in [-0.4, -0.2) is 29.9 Å². The van der Waals surface area contributed by atoms with E-state index in [1.807, 2.05) is 12.1 Å². The third-order valence-corrected chi connectivity index (χ3v) is 5.06. The van der Waals surface area contributed by atoms with Gasteiger partial charge in [-0.15, -0.1) is 0 Å². The predicted octanol–water partition coefficient (Wildman–Crippen LogP) is 3.84. The molecule has 1 aromatic carbocycles. The number of allylic oxidation sites excluding steroid dienone is 1. The highest BCUT2D eigenvalue weighted by Gasteiger charge is 2.30. The summed E-state index contributed by atoms with van der Waals surface area (Å²) in [5.74, 6) is 0.283. The van der Waals surface area contributed by atoms with Crippen molar-refractivity contribution in [3.05, 3.63) is 59.8 Å². The second-order valence-corrected chi connectivity index (χ2v) is 7.03. The molecule has 1 aliphatic heterocycles. The maximum Gasteiger partial charge on any atom is 0.264 e. The molecule has 2 amide bonds. The SMILES string of the molecule is O=C(CN1C(=O)c2cccnc2Oc2ccccc21)NCCC1=CCCCC1. The van der Waals surface area contributed by atoms with Crippen LogP contribution in [0.25, 0.3) is 0 Å². The molecule has 28 heavy (non-hydrogen) atoms. The van der Waals surface area contributed by atoms with Gasteiger partial charge in [-0.05, 0) is 56.4 Å². The summed E-state index contributed by atoms with van der Waals surface area (Å²) in [6.07, 6.45) is 9.47. The van der Waals surface area contributed by atoms with Crippen molar-refractivity contribution in [3.8, 4) is 11.6 Å². The minimum atomic E-state index is -0.293. The molecule has 0 unspecified atom stereocenters. The van der Waals surface area contributed by atoms with Gasteiger partial charge in [0, 0.05) is 12.7 Å². The van der Waals surface area contributed by atoms with Gasteiger partial charge in [-0.3, -0.25) is 14.5 Å². The van der Waals surface area contributed by atoms with Gasteiger partial charge < -0.3 is 10.1 Å². The van der Waals surface area contributed by atoms with E-state index in [-0.39, 0.29) is 24.2 Å². The topological polar surface area (TPSA) is 71.5 Å². The van der Waals surface area contributed by atoms with Gasteiger partial charge in [0.05, 0.1) is 5.69 Å². The Labute approximate surface area is 164 Å². The van der Waals surface area contributed by atoms with Gasteiger partial charge in [0.2, 0.25) is 11.8 Å². The van der Waals surface area contributed by atoms with Gasteiger partial charge in [-0.25, -0.2) is 4.98 Å². The van der Waals surface area contributed by atoms with Gasteiger partial charge in [0.15, 0.2) is 5.75 Å². The summed E-state index contributed by atoms with van der Waals surface area (Å²) >= 11 is 0. The fourth-order valence-electron chi connectivity index (χ4n) is 3.61. The van der Waals surface area contributed by atoms with Crippen LogP contribution in [0.1, 0.15) is 42.5 Å². The van der Waals surface area contributed by atoms with Crippen LogP contribution >= 0.6 is 0 Å². The lowest BCUT2D eigenvalue weighted by atomic mass is 9.97. The quantitative estimate of drug-likeness (QED) is 0.804. The van der Waals surface area contributed by atoms with E-state index in [1.165, 1.54) is 23.3 Å². The van der Waals surface area contributed by atoms with E-state index in [0.717, 1.165) is 19.3 Å². The fraction of sp³-hybridized carbons (Fsp3) is 0.318. The summed E-state index contributed by atoms with van der Waals surface area (Å²) < 4.78 is 5.83. The Morgan fingerprint density at radius 2 is 2.07 bits per heavy atom. The summed E-state index contributed by atoms with van der Waals surface area (Å²) in [7, 11) is 0. The molecule has 0 saturated heterocycles. The van der Waals surface area contributed by atoms with E-state index in [1.54, 1.807) is 30.5 Å². The molecule has 0 radical (unpaired) electrons. The number of hydrogen-bond acceptors (Lipinski definition) is 4. The average molecular weight is 377 g/mol. The molecule has 1 aliphatic carbocycles. The molecule has 6 heteroatoms. The van der Waals surface area contributed by atoms with Crippen LogP contribution in [0.5, 0.6) is 11.6 Å². The number of anilines is 1. The van der Waals surface area contributed by atoms with Crippen molar-refractivity contribution in [2.75, 3.05) is 18.0 Å². The zero-order valence-electron chi connectivity index (χ0n) is 15.7. The third kappa shape index (κ3) is 3.91. The molecule has 4 rings (SSSR count). The minimum Gasteiger partial charge on any atom is -0.436 e. The number of aromatic nitrogens is 1. The summed E-state index contributed by atoms with van der Waals surface area (Å²) in [6.45, 7) is 0.523. The zero-order valence-corrected chi connectivity index (χ0v) is 15.7. The number of carbonyl (C=O) groups is 2. The number of para-hydroxylation sites is 2. The number of ether oxygens (including phenoxy) is 1. The van der Waals surface area contributed by atoms with Crippen LogP contribution in [0.4, 0.5) is 5.69 Å². The first-order valence-electron chi connectivity index (χ1n) is 9.71. The lowest BCUT2D eigenvalue weighted by Crippen LogP contribution is -2.41. The first-order valence-corrected chi connectivity index (χ1v) is 9.71. The van der Waals surface area contributed by atoms with Crippen molar-refractivity contribution in [2.24, 2.45) is 0 Å². The molecule has 2 aromatic rings. The Kier molecular flexibility index (Phi) is 5.37. The lowest BCUT2D eigenvalue weighted by Gasteiger charge is -2.21. The first-order chi connectivity index (χ1) is 13.7. The standard InChI is InChI=1S/C22H23N3O3/c26-20(23-14-12-16-7-2-1-3-8-16)15-25-18-10-4-5-11-19(18)28-21-17(22(25)27)9-6-13-24-21/h4-7,9-11,13H,1-3,8,12,14-15H2,(H,23,26). The lowest BCUT2D eigenvalue weighted by molar-refractivity contribution is -0.119. The summed E-state index contributed by atoms with van der Waals surface area (Å²) in [4.78, 5) is 31.2. The second kappa shape index (κ2) is 8.25. The van der Waals surface area contributed by atoms with Crippen LogP contribution in [0.15, 0.2) is 54.2 Å². The normalized spacial score (nSPS) is 15.6. The minimum absolute atomic E-state index is 0.0629. The fourth-order valence-corrected chi connectivity index (χ4v) is 3.61. The molecule has 1 aromatic heterocycles. The Balaban J connectivity index is 1.48. The molecule has 0 fully saturated rings. The van der Waals surface area contributed by atoms with Crippen molar-refractivity contribution in [1.82, 2.24) is 10.3 Å². The molecule has 0 bridgehead atoms. The van der Waals surface area contributed by atoms with Crippen molar-refractivity contribution < 1.29 is 14.3 Å². The number of benzene rings is 1. The van der Waals surface area contributed by atoms with Crippen LogP contribution in [0.3, 0.4) is 0 Å². The smallest absolute Gasteiger partial charge is 0.264 e. The van der Waals surface area contributed by atoms with E-state index in [2.05, 4.69) is 16.4 Å². The molecule has 0 atom stereocenters. The number of hydrogen-bond donors (Lipinski definition) is 1. The number of nitrogens with one attached hydrogen (secondary N) is 1. The largest absolute Gasteiger partial charge is 0.436 e. The maximum atomic E-state index is 13.1. The van der Waals surface area contributed by atoms with Crippen LogP contribution in [-0.2, 0) is 4.79 Å². The van der Waals surface area contributed by atoms with E-state index in [0.29, 0.717) is 23.5 Å².